The van der Waals surface area contributed by atoms with E-state index in [1.165, 1.54) is 6.92 Å². The summed E-state index contributed by atoms with van der Waals surface area (Å²) in [6, 6.07) is 1.70. The molecule has 0 aromatic heterocycles. The van der Waals surface area contributed by atoms with Gasteiger partial charge in [0.25, 0.3) is 0 Å². The number of hydrogen-bond donors (Lipinski definition) is 1. The first-order chi connectivity index (χ1) is 13.6. The van der Waals surface area contributed by atoms with Gasteiger partial charge in [0.05, 0.1) is 5.69 Å². The molecule has 0 bridgehead atoms. The summed E-state index contributed by atoms with van der Waals surface area (Å²) in [4.78, 5) is 24.8. The van der Waals surface area contributed by atoms with Crippen LogP contribution in [0.5, 0.6) is 11.5 Å². The summed E-state index contributed by atoms with van der Waals surface area (Å²) in [5.41, 5.74) is 1.95. The van der Waals surface area contributed by atoms with Crippen molar-refractivity contribution in [3.8, 4) is 11.5 Å². The predicted octanol–water partition coefficient (Wildman–Crippen LogP) is 3.44. The lowest BCUT2D eigenvalue weighted by atomic mass is 9.79. The quantitative estimate of drug-likeness (QED) is 0.751. The van der Waals surface area contributed by atoms with Crippen LogP contribution in [0, 0.1) is 5.92 Å². The molecule has 2 aliphatic heterocycles. The highest BCUT2D eigenvalue weighted by Crippen LogP contribution is 2.46. The fourth-order valence-electron chi connectivity index (χ4n) is 4.24. The molecule has 0 radical (unpaired) electrons. The van der Waals surface area contributed by atoms with Crippen molar-refractivity contribution in [2.75, 3.05) is 25.3 Å². The Bertz CT molecular complexity index is 756. The van der Waals surface area contributed by atoms with Crippen LogP contribution in [0.25, 0.3) is 0 Å². The third-order valence-electron chi connectivity index (χ3n) is 5.57. The Labute approximate surface area is 164 Å². The molecule has 3 aliphatic rings. The molecule has 1 amide bonds. The maximum absolute atomic E-state index is 13.2. The van der Waals surface area contributed by atoms with E-state index in [0.29, 0.717) is 29.4 Å². The van der Waals surface area contributed by atoms with Crippen LogP contribution in [-0.2, 0) is 20.7 Å². The molecule has 28 heavy (non-hydrogen) atoms. The summed E-state index contributed by atoms with van der Waals surface area (Å²) in [5.74, 6) is 1.02. The molecule has 7 nitrogen and oxygen atoms in total. The van der Waals surface area contributed by atoms with E-state index in [2.05, 4.69) is 5.32 Å². The number of benzene rings is 1. The molecule has 4 rings (SSSR count). The van der Waals surface area contributed by atoms with Gasteiger partial charge in [0.15, 0.2) is 23.6 Å². The van der Waals surface area contributed by atoms with E-state index in [4.69, 9.17) is 18.9 Å². The Hall–Kier alpha value is -2.12. The van der Waals surface area contributed by atoms with Gasteiger partial charge >= 0.3 is 0 Å². The first-order valence-electron chi connectivity index (χ1n) is 10.1. The van der Waals surface area contributed by atoms with Gasteiger partial charge in [0, 0.05) is 43.2 Å². The van der Waals surface area contributed by atoms with Gasteiger partial charge in [-0.15, -0.1) is 0 Å². The third kappa shape index (κ3) is 4.00. The summed E-state index contributed by atoms with van der Waals surface area (Å²) in [6.45, 7) is 2.95. The number of fused-ring (bicyclic) bond motifs is 3. The number of carbonyl (C=O) groups excluding carboxylic acids is 2. The standard InChI is InChI=1S/C21H27NO6/c1-13(23)22-16-11-17-21(28-12-27-17)15-8-7-14(20(24)19(15)16)5-4-10-26-18-6-2-3-9-25-18/h11,14,18H,2-10,12H2,1H3,(H,22,23). The largest absolute Gasteiger partial charge is 0.454 e. The van der Waals surface area contributed by atoms with Crippen LogP contribution in [-0.4, -0.2) is 38.0 Å². The minimum atomic E-state index is -0.211. The number of rotatable bonds is 6. The lowest BCUT2D eigenvalue weighted by Gasteiger charge is -2.27. The number of ether oxygens (including phenoxy) is 4. The Balaban J connectivity index is 1.43. The van der Waals surface area contributed by atoms with E-state index in [9.17, 15) is 9.59 Å². The van der Waals surface area contributed by atoms with Crippen molar-refractivity contribution < 1.29 is 28.5 Å². The fraction of sp³-hybridized carbons (Fsp3) is 0.619. The zero-order valence-corrected chi connectivity index (χ0v) is 16.3. The minimum Gasteiger partial charge on any atom is -0.454 e. The monoisotopic (exact) mass is 389 g/mol. The minimum absolute atomic E-state index is 0.0669. The lowest BCUT2D eigenvalue weighted by molar-refractivity contribution is -0.163. The third-order valence-corrected chi connectivity index (χ3v) is 5.57. The zero-order valence-electron chi connectivity index (χ0n) is 16.3. The molecule has 2 atom stereocenters. The average molecular weight is 389 g/mol. The molecule has 0 spiro atoms. The molecule has 1 aromatic rings. The van der Waals surface area contributed by atoms with E-state index < -0.39 is 0 Å². The van der Waals surface area contributed by atoms with Crippen LogP contribution in [0.3, 0.4) is 0 Å². The zero-order chi connectivity index (χ0) is 19.5. The molecule has 1 aliphatic carbocycles. The summed E-state index contributed by atoms with van der Waals surface area (Å²) < 4.78 is 22.4. The van der Waals surface area contributed by atoms with Crippen molar-refractivity contribution in [3.63, 3.8) is 0 Å². The van der Waals surface area contributed by atoms with Gasteiger partial charge < -0.3 is 24.3 Å². The number of anilines is 1. The Morgan fingerprint density at radius 2 is 2.18 bits per heavy atom. The van der Waals surface area contributed by atoms with Crippen molar-refractivity contribution >= 4 is 17.4 Å². The highest BCUT2D eigenvalue weighted by molar-refractivity contribution is 6.08. The maximum atomic E-state index is 13.2. The van der Waals surface area contributed by atoms with Crippen molar-refractivity contribution in [1.29, 1.82) is 0 Å². The van der Waals surface area contributed by atoms with Crippen molar-refractivity contribution in [3.05, 3.63) is 17.2 Å². The number of hydrogen-bond acceptors (Lipinski definition) is 6. The second kappa shape index (κ2) is 8.49. The molecule has 1 N–H and O–H groups in total. The van der Waals surface area contributed by atoms with Gasteiger partial charge in [-0.1, -0.05) is 0 Å². The molecule has 2 heterocycles. The van der Waals surface area contributed by atoms with E-state index in [0.717, 1.165) is 57.1 Å². The fourth-order valence-corrected chi connectivity index (χ4v) is 4.24. The Morgan fingerprint density at radius 3 is 2.96 bits per heavy atom. The van der Waals surface area contributed by atoms with Crippen LogP contribution in [0.1, 0.15) is 61.4 Å². The molecular formula is C21H27NO6. The average Bonchev–Trinajstić information content (AvgIpc) is 3.15. The summed E-state index contributed by atoms with van der Waals surface area (Å²) >= 11 is 0. The van der Waals surface area contributed by atoms with Gasteiger partial charge in [-0.3, -0.25) is 9.59 Å². The van der Waals surface area contributed by atoms with E-state index >= 15 is 0 Å². The van der Waals surface area contributed by atoms with Crippen LogP contribution >= 0.6 is 0 Å². The lowest BCUT2D eigenvalue weighted by Crippen LogP contribution is -2.26. The first kappa shape index (κ1) is 19.2. The molecule has 152 valence electrons. The highest BCUT2D eigenvalue weighted by Gasteiger charge is 2.35. The molecular weight excluding hydrogens is 362 g/mol. The molecule has 0 saturated carbocycles. The normalized spacial score (nSPS) is 23.4. The number of Topliss-reactive ketones (excluding diaryl/α,β-unsaturated/α-hetero) is 1. The molecule has 2 unspecified atom stereocenters. The smallest absolute Gasteiger partial charge is 0.231 e. The number of amides is 1. The second-order valence-corrected chi connectivity index (χ2v) is 7.60. The number of carbonyl (C=O) groups is 2. The van der Waals surface area contributed by atoms with Crippen molar-refractivity contribution in [2.24, 2.45) is 5.92 Å². The SMILES string of the molecule is CC(=O)Nc1cc2c(c3c1C(=O)C(CCCOC1CCCCO1)CC3)OCO2. The van der Waals surface area contributed by atoms with Gasteiger partial charge in [-0.25, -0.2) is 0 Å². The van der Waals surface area contributed by atoms with E-state index in [1.807, 2.05) is 0 Å². The van der Waals surface area contributed by atoms with Crippen LogP contribution in [0.2, 0.25) is 0 Å². The summed E-state index contributed by atoms with van der Waals surface area (Å²) in [6.07, 6.45) is 6.17. The van der Waals surface area contributed by atoms with Crippen molar-refractivity contribution in [1.82, 2.24) is 0 Å². The number of ketones is 1. The van der Waals surface area contributed by atoms with Crippen LogP contribution in [0.15, 0.2) is 6.07 Å². The molecule has 1 aromatic carbocycles. The molecule has 1 fully saturated rings. The van der Waals surface area contributed by atoms with Gasteiger partial charge in [0.2, 0.25) is 12.7 Å². The van der Waals surface area contributed by atoms with Crippen molar-refractivity contribution in [2.45, 2.75) is 58.2 Å². The summed E-state index contributed by atoms with van der Waals surface area (Å²) in [5, 5.41) is 2.79. The summed E-state index contributed by atoms with van der Waals surface area (Å²) in [7, 11) is 0. The maximum Gasteiger partial charge on any atom is 0.231 e. The van der Waals surface area contributed by atoms with Crippen LogP contribution < -0.4 is 14.8 Å². The predicted molar refractivity (Wildman–Crippen MR) is 102 cm³/mol. The Morgan fingerprint density at radius 1 is 1.29 bits per heavy atom. The first-order valence-corrected chi connectivity index (χ1v) is 10.1. The number of nitrogens with one attached hydrogen (secondary N) is 1. The van der Waals surface area contributed by atoms with E-state index in [-0.39, 0.29) is 30.7 Å². The molecule has 1 saturated heterocycles. The van der Waals surface area contributed by atoms with Gasteiger partial charge in [-0.05, 0) is 44.9 Å². The highest BCUT2D eigenvalue weighted by atomic mass is 16.7. The van der Waals surface area contributed by atoms with E-state index in [1.54, 1.807) is 6.07 Å². The van der Waals surface area contributed by atoms with Gasteiger partial charge in [0.1, 0.15) is 0 Å². The Kier molecular flexibility index (Phi) is 5.82. The topological polar surface area (TPSA) is 83.1 Å². The van der Waals surface area contributed by atoms with Gasteiger partial charge in [-0.2, -0.15) is 0 Å². The molecule has 7 heteroatoms. The second-order valence-electron chi connectivity index (χ2n) is 7.60. The van der Waals surface area contributed by atoms with Crippen LogP contribution in [0.4, 0.5) is 5.69 Å².